The number of nitrogens with zero attached hydrogens (tertiary/aromatic N) is 1. The quantitative estimate of drug-likeness (QED) is 0.752. The summed E-state index contributed by atoms with van der Waals surface area (Å²) < 4.78 is 10.6. The van der Waals surface area contributed by atoms with Gasteiger partial charge in [0.2, 0.25) is 5.91 Å². The number of carbonyl (C=O) groups is 2. The highest BCUT2D eigenvalue weighted by Crippen LogP contribution is 2.11. The van der Waals surface area contributed by atoms with E-state index in [1.165, 1.54) is 0 Å². The Hall–Kier alpha value is -1.14. The van der Waals surface area contributed by atoms with E-state index >= 15 is 0 Å². The third-order valence-electron chi connectivity index (χ3n) is 3.02. The van der Waals surface area contributed by atoms with Gasteiger partial charge < -0.3 is 19.5 Å². The third-order valence-corrected chi connectivity index (χ3v) is 3.02. The molecule has 2 atom stereocenters. The van der Waals surface area contributed by atoms with Crippen molar-refractivity contribution in [2.24, 2.45) is 0 Å². The zero-order valence-electron chi connectivity index (χ0n) is 10.9. The first-order valence-corrected chi connectivity index (χ1v) is 6.25. The number of hydrogen-bond donors (Lipinski definition) is 1. The largest absolute Gasteiger partial charge is 0.481 e. The van der Waals surface area contributed by atoms with Gasteiger partial charge in [-0.3, -0.25) is 9.59 Å². The molecule has 0 radical (unpaired) electrons. The summed E-state index contributed by atoms with van der Waals surface area (Å²) in [5.74, 6) is -1.09. The summed E-state index contributed by atoms with van der Waals surface area (Å²) in [5.41, 5.74) is 0. The summed E-state index contributed by atoms with van der Waals surface area (Å²) >= 11 is 0. The Kier molecular flexibility index (Phi) is 6.07. The number of carboxylic acid groups (broad SMARTS) is 1. The van der Waals surface area contributed by atoms with Crippen LogP contribution in [0, 0.1) is 0 Å². The molecule has 104 valence electrons. The van der Waals surface area contributed by atoms with Gasteiger partial charge in [-0.2, -0.15) is 0 Å². The standard InChI is InChI=1S/C12H21NO5/c1-3-9(2)18-8-11(14)13-4-5-17-7-10(13)6-12(15)16/h9-10H,3-8H2,1-2H3,(H,15,16). The molecule has 2 unspecified atom stereocenters. The van der Waals surface area contributed by atoms with Crippen molar-refractivity contribution in [3.8, 4) is 0 Å². The van der Waals surface area contributed by atoms with Crippen molar-refractivity contribution in [2.45, 2.75) is 38.8 Å². The minimum absolute atomic E-state index is 0.00509. The van der Waals surface area contributed by atoms with E-state index in [-0.39, 0.29) is 37.7 Å². The van der Waals surface area contributed by atoms with Crippen LogP contribution in [-0.2, 0) is 19.1 Å². The highest BCUT2D eigenvalue weighted by molar-refractivity contribution is 5.79. The van der Waals surface area contributed by atoms with E-state index in [0.717, 1.165) is 6.42 Å². The minimum atomic E-state index is -0.925. The molecule has 0 spiro atoms. The molecule has 18 heavy (non-hydrogen) atoms. The van der Waals surface area contributed by atoms with E-state index in [1.807, 2.05) is 13.8 Å². The zero-order valence-corrected chi connectivity index (χ0v) is 10.9. The summed E-state index contributed by atoms with van der Waals surface area (Å²) in [6.45, 7) is 5.05. The molecule has 0 aliphatic carbocycles. The molecule has 6 nitrogen and oxygen atoms in total. The molecule has 1 fully saturated rings. The second-order valence-corrected chi connectivity index (χ2v) is 4.44. The number of carboxylic acids is 1. The maximum Gasteiger partial charge on any atom is 0.305 e. The van der Waals surface area contributed by atoms with Crippen LogP contribution in [0.2, 0.25) is 0 Å². The van der Waals surface area contributed by atoms with Gasteiger partial charge in [-0.25, -0.2) is 0 Å². The fourth-order valence-electron chi connectivity index (χ4n) is 1.77. The second-order valence-electron chi connectivity index (χ2n) is 4.44. The number of morpholine rings is 1. The highest BCUT2D eigenvalue weighted by atomic mass is 16.5. The van der Waals surface area contributed by atoms with Crippen molar-refractivity contribution >= 4 is 11.9 Å². The predicted octanol–water partition coefficient (Wildman–Crippen LogP) is 0.504. The van der Waals surface area contributed by atoms with Crippen LogP contribution in [0.4, 0.5) is 0 Å². The molecule has 0 aromatic carbocycles. The van der Waals surface area contributed by atoms with Crippen LogP contribution < -0.4 is 0 Å². The summed E-state index contributed by atoms with van der Waals surface area (Å²) in [4.78, 5) is 24.2. The first-order chi connectivity index (χ1) is 8.54. The molecule has 1 rings (SSSR count). The maximum absolute atomic E-state index is 12.0. The molecular formula is C12H21NO5. The van der Waals surface area contributed by atoms with Gasteiger partial charge in [0.15, 0.2) is 0 Å². The van der Waals surface area contributed by atoms with E-state index in [2.05, 4.69) is 0 Å². The number of hydrogen-bond acceptors (Lipinski definition) is 4. The van der Waals surface area contributed by atoms with Gasteiger partial charge in [0.25, 0.3) is 0 Å². The first-order valence-electron chi connectivity index (χ1n) is 6.25. The molecule has 1 aliphatic rings. The van der Waals surface area contributed by atoms with Crippen LogP contribution >= 0.6 is 0 Å². The monoisotopic (exact) mass is 259 g/mol. The van der Waals surface area contributed by atoms with E-state index in [1.54, 1.807) is 4.90 Å². The zero-order chi connectivity index (χ0) is 13.5. The third kappa shape index (κ3) is 4.62. The molecule has 1 amide bonds. The van der Waals surface area contributed by atoms with E-state index < -0.39 is 5.97 Å². The number of carbonyl (C=O) groups excluding carboxylic acids is 1. The van der Waals surface area contributed by atoms with Crippen LogP contribution in [0.3, 0.4) is 0 Å². The fraction of sp³-hybridized carbons (Fsp3) is 0.833. The lowest BCUT2D eigenvalue weighted by Crippen LogP contribution is -2.50. The van der Waals surface area contributed by atoms with Crippen molar-refractivity contribution in [1.82, 2.24) is 4.90 Å². The summed E-state index contributed by atoms with van der Waals surface area (Å²) in [6, 6.07) is -0.385. The molecule has 0 bridgehead atoms. The number of amides is 1. The highest BCUT2D eigenvalue weighted by Gasteiger charge is 2.29. The first kappa shape index (κ1) is 14.9. The SMILES string of the molecule is CCC(C)OCC(=O)N1CCOCC1CC(=O)O. The molecule has 0 aromatic heterocycles. The lowest BCUT2D eigenvalue weighted by molar-refractivity contribution is -0.150. The van der Waals surface area contributed by atoms with Crippen LogP contribution in [0.5, 0.6) is 0 Å². The van der Waals surface area contributed by atoms with Gasteiger partial charge in [-0.15, -0.1) is 0 Å². The minimum Gasteiger partial charge on any atom is -0.481 e. The van der Waals surface area contributed by atoms with E-state index in [0.29, 0.717) is 13.2 Å². The topological polar surface area (TPSA) is 76.1 Å². The van der Waals surface area contributed by atoms with Crippen molar-refractivity contribution < 1.29 is 24.2 Å². The second kappa shape index (κ2) is 7.33. The van der Waals surface area contributed by atoms with Gasteiger partial charge >= 0.3 is 5.97 Å². The molecular weight excluding hydrogens is 238 g/mol. The van der Waals surface area contributed by atoms with E-state index in [9.17, 15) is 9.59 Å². The Balaban J connectivity index is 2.49. The van der Waals surface area contributed by atoms with Crippen LogP contribution in [0.1, 0.15) is 26.7 Å². The molecule has 1 saturated heterocycles. The average Bonchev–Trinajstić information content (AvgIpc) is 2.35. The van der Waals surface area contributed by atoms with Crippen molar-refractivity contribution in [1.29, 1.82) is 0 Å². The average molecular weight is 259 g/mol. The normalized spacial score (nSPS) is 21.7. The van der Waals surface area contributed by atoms with Gasteiger partial charge in [-0.1, -0.05) is 6.92 Å². The van der Waals surface area contributed by atoms with Crippen molar-refractivity contribution in [2.75, 3.05) is 26.4 Å². The summed E-state index contributed by atoms with van der Waals surface area (Å²) in [5, 5.41) is 8.80. The van der Waals surface area contributed by atoms with Gasteiger partial charge in [0.1, 0.15) is 6.61 Å². The smallest absolute Gasteiger partial charge is 0.305 e. The van der Waals surface area contributed by atoms with Crippen molar-refractivity contribution in [3.05, 3.63) is 0 Å². The van der Waals surface area contributed by atoms with Crippen LogP contribution in [0.25, 0.3) is 0 Å². The molecule has 1 N–H and O–H groups in total. The van der Waals surface area contributed by atoms with Gasteiger partial charge in [0.05, 0.1) is 31.8 Å². The van der Waals surface area contributed by atoms with Gasteiger partial charge in [0, 0.05) is 6.54 Å². The number of ether oxygens (including phenoxy) is 2. The predicted molar refractivity (Wildman–Crippen MR) is 64.3 cm³/mol. The molecule has 0 aromatic rings. The Bertz CT molecular complexity index is 294. The fourth-order valence-corrected chi connectivity index (χ4v) is 1.77. The van der Waals surface area contributed by atoms with Crippen molar-refractivity contribution in [3.63, 3.8) is 0 Å². The maximum atomic E-state index is 12.0. The van der Waals surface area contributed by atoms with E-state index in [4.69, 9.17) is 14.6 Å². The Labute approximate surface area is 107 Å². The van der Waals surface area contributed by atoms with Crippen LogP contribution in [0.15, 0.2) is 0 Å². The van der Waals surface area contributed by atoms with Crippen LogP contribution in [-0.4, -0.2) is 60.4 Å². The Morgan fingerprint density at radius 3 is 2.89 bits per heavy atom. The number of aliphatic carboxylic acids is 1. The Morgan fingerprint density at radius 1 is 1.56 bits per heavy atom. The summed E-state index contributed by atoms with van der Waals surface area (Å²) in [6.07, 6.45) is 0.789. The summed E-state index contributed by atoms with van der Waals surface area (Å²) in [7, 11) is 0. The molecule has 1 heterocycles. The Morgan fingerprint density at radius 2 is 2.28 bits per heavy atom. The van der Waals surface area contributed by atoms with Gasteiger partial charge in [-0.05, 0) is 13.3 Å². The lowest BCUT2D eigenvalue weighted by atomic mass is 10.1. The number of rotatable bonds is 6. The lowest BCUT2D eigenvalue weighted by Gasteiger charge is -2.35. The molecule has 6 heteroatoms. The molecule has 1 aliphatic heterocycles. The molecule has 0 saturated carbocycles.